The maximum absolute atomic E-state index is 4.48. The molecule has 3 atom stereocenters. The topological polar surface area (TPSA) is 46.1 Å². The summed E-state index contributed by atoms with van der Waals surface area (Å²) in [6, 6.07) is 5.50. The predicted octanol–water partition coefficient (Wildman–Crippen LogP) is 2.32. The maximum Gasteiger partial charge on any atom is 0.191 e. The van der Waals surface area contributed by atoms with Crippen molar-refractivity contribution >= 4 is 17.3 Å². The van der Waals surface area contributed by atoms with Gasteiger partial charge >= 0.3 is 0 Å². The van der Waals surface area contributed by atoms with E-state index >= 15 is 0 Å². The van der Waals surface area contributed by atoms with Crippen molar-refractivity contribution in [3.05, 3.63) is 22.4 Å². The van der Waals surface area contributed by atoms with Crippen molar-refractivity contribution in [2.45, 2.75) is 38.8 Å². The number of rotatable bonds is 7. The number of hydrogen-bond acceptors (Lipinski definition) is 5. The number of hydrogen-bond donors (Lipinski definition) is 2. The number of nitrogens with one attached hydrogen (secondary N) is 2. The third kappa shape index (κ3) is 6.17. The van der Waals surface area contributed by atoms with Crippen molar-refractivity contribution < 1.29 is 0 Å². The fourth-order valence-corrected chi connectivity index (χ4v) is 5.71. The lowest BCUT2D eigenvalue weighted by atomic mass is 9.88. The van der Waals surface area contributed by atoms with E-state index in [4.69, 9.17) is 0 Å². The molecule has 0 bridgehead atoms. The molecule has 2 aliphatic rings. The predicted molar refractivity (Wildman–Crippen MR) is 125 cm³/mol. The molecule has 2 fully saturated rings. The van der Waals surface area contributed by atoms with Gasteiger partial charge in [0.1, 0.15) is 0 Å². The van der Waals surface area contributed by atoms with Crippen LogP contribution < -0.4 is 10.6 Å². The third-order valence-corrected chi connectivity index (χ3v) is 7.58. The van der Waals surface area contributed by atoms with Crippen LogP contribution in [0.1, 0.15) is 37.6 Å². The number of aliphatic imine (C=N–C) groups is 1. The van der Waals surface area contributed by atoms with Gasteiger partial charge in [-0.2, -0.15) is 0 Å². The first-order chi connectivity index (χ1) is 14.1. The number of guanidine groups is 1. The highest BCUT2D eigenvalue weighted by Crippen LogP contribution is 2.36. The maximum atomic E-state index is 4.48. The molecule has 0 amide bonds. The standard InChI is InChI=1S/C22H40N6S/c1-5-27-11-13-28(14-12-27)18(2)16-24-22(23-3)25-17-19-8-6-10-26(4)21(19)20-9-7-15-29-20/h7,9,15,18-19,21H,5-6,8,10-14,16-17H2,1-4H3,(H2,23,24,25). The first kappa shape index (κ1) is 22.5. The molecule has 1 aromatic rings. The van der Waals surface area contributed by atoms with Gasteiger partial charge < -0.3 is 15.5 Å². The number of piperazine rings is 1. The van der Waals surface area contributed by atoms with Crippen LogP contribution in [0.4, 0.5) is 0 Å². The molecule has 2 N–H and O–H groups in total. The smallest absolute Gasteiger partial charge is 0.191 e. The zero-order chi connectivity index (χ0) is 20.6. The van der Waals surface area contributed by atoms with E-state index in [1.807, 2.05) is 18.4 Å². The van der Waals surface area contributed by atoms with Crippen molar-refractivity contribution in [2.24, 2.45) is 10.9 Å². The van der Waals surface area contributed by atoms with Gasteiger partial charge in [-0.3, -0.25) is 14.8 Å². The summed E-state index contributed by atoms with van der Waals surface area (Å²) in [5.74, 6) is 1.55. The molecule has 0 aliphatic carbocycles. The second-order valence-electron chi connectivity index (χ2n) is 8.50. The summed E-state index contributed by atoms with van der Waals surface area (Å²) < 4.78 is 0. The molecule has 3 unspecified atom stereocenters. The molecule has 0 aromatic carbocycles. The van der Waals surface area contributed by atoms with Gasteiger partial charge in [-0.15, -0.1) is 11.3 Å². The first-order valence-electron chi connectivity index (χ1n) is 11.3. The minimum absolute atomic E-state index is 0.517. The SMILES string of the molecule is CCN1CCN(C(C)CNC(=NC)NCC2CCCN(C)C2c2cccs2)CC1. The van der Waals surface area contributed by atoms with Crippen LogP contribution in [-0.4, -0.2) is 93.2 Å². The van der Waals surface area contributed by atoms with Crippen LogP contribution in [0.3, 0.4) is 0 Å². The molecule has 2 aliphatic heterocycles. The summed E-state index contributed by atoms with van der Waals surface area (Å²) in [4.78, 5) is 13.6. The van der Waals surface area contributed by atoms with Gasteiger partial charge in [0.2, 0.25) is 0 Å². The molecular weight excluding hydrogens is 380 g/mol. The highest BCUT2D eigenvalue weighted by molar-refractivity contribution is 7.10. The van der Waals surface area contributed by atoms with E-state index in [0.29, 0.717) is 18.0 Å². The highest BCUT2D eigenvalue weighted by atomic mass is 32.1. The summed E-state index contributed by atoms with van der Waals surface area (Å²) in [6.45, 7) is 13.5. The minimum atomic E-state index is 0.517. The van der Waals surface area contributed by atoms with E-state index in [-0.39, 0.29) is 0 Å². The Kier molecular flexibility index (Phi) is 8.78. The normalized spacial score (nSPS) is 26.4. The average Bonchev–Trinajstić information content (AvgIpc) is 3.28. The van der Waals surface area contributed by atoms with Crippen LogP contribution >= 0.6 is 11.3 Å². The second-order valence-corrected chi connectivity index (χ2v) is 9.48. The Morgan fingerprint density at radius 1 is 1.24 bits per heavy atom. The molecule has 0 spiro atoms. The van der Waals surface area contributed by atoms with E-state index in [1.165, 1.54) is 57.0 Å². The van der Waals surface area contributed by atoms with Crippen molar-refractivity contribution in [1.29, 1.82) is 0 Å². The van der Waals surface area contributed by atoms with Crippen LogP contribution in [-0.2, 0) is 0 Å². The van der Waals surface area contributed by atoms with E-state index in [0.717, 1.165) is 19.0 Å². The third-order valence-electron chi connectivity index (χ3n) is 6.64. The highest BCUT2D eigenvalue weighted by Gasteiger charge is 2.31. The molecule has 2 saturated heterocycles. The van der Waals surface area contributed by atoms with Crippen LogP contribution in [0.2, 0.25) is 0 Å². The Morgan fingerprint density at radius 3 is 2.69 bits per heavy atom. The van der Waals surface area contributed by atoms with Gasteiger partial charge in [-0.05, 0) is 57.3 Å². The number of piperidine rings is 1. The molecular formula is C22H40N6S. The molecule has 3 rings (SSSR count). The van der Waals surface area contributed by atoms with Crippen molar-refractivity contribution in [2.75, 3.05) is 66.5 Å². The van der Waals surface area contributed by atoms with Crippen LogP contribution in [0, 0.1) is 5.92 Å². The number of likely N-dealkylation sites (tertiary alicyclic amines) is 1. The molecule has 0 saturated carbocycles. The fraction of sp³-hybridized carbons (Fsp3) is 0.773. The fourth-order valence-electron chi connectivity index (χ4n) is 4.72. The van der Waals surface area contributed by atoms with Crippen molar-refractivity contribution in [1.82, 2.24) is 25.3 Å². The summed E-state index contributed by atoms with van der Waals surface area (Å²) in [5.41, 5.74) is 0. The molecule has 164 valence electrons. The molecule has 7 heteroatoms. The lowest BCUT2D eigenvalue weighted by molar-refractivity contribution is 0.107. The molecule has 3 heterocycles. The van der Waals surface area contributed by atoms with E-state index in [9.17, 15) is 0 Å². The number of likely N-dealkylation sites (N-methyl/N-ethyl adjacent to an activating group) is 1. The van der Waals surface area contributed by atoms with Crippen LogP contribution in [0.5, 0.6) is 0 Å². The Morgan fingerprint density at radius 2 is 2.03 bits per heavy atom. The molecule has 29 heavy (non-hydrogen) atoms. The van der Waals surface area contributed by atoms with Gasteiger partial charge in [0, 0.05) is 63.3 Å². The van der Waals surface area contributed by atoms with Gasteiger partial charge in [0.15, 0.2) is 5.96 Å². The quantitative estimate of drug-likeness (QED) is 0.524. The molecule has 6 nitrogen and oxygen atoms in total. The van der Waals surface area contributed by atoms with Gasteiger partial charge in [-0.1, -0.05) is 13.0 Å². The minimum Gasteiger partial charge on any atom is -0.356 e. The Labute approximate surface area is 181 Å². The van der Waals surface area contributed by atoms with E-state index in [2.05, 4.69) is 68.7 Å². The van der Waals surface area contributed by atoms with Crippen LogP contribution in [0.15, 0.2) is 22.5 Å². The lowest BCUT2D eigenvalue weighted by Crippen LogP contribution is -2.53. The van der Waals surface area contributed by atoms with Gasteiger partial charge in [0.25, 0.3) is 0 Å². The van der Waals surface area contributed by atoms with Crippen LogP contribution in [0.25, 0.3) is 0 Å². The summed E-state index contributed by atoms with van der Waals surface area (Å²) in [5, 5.41) is 9.38. The Bertz CT molecular complexity index is 611. The van der Waals surface area contributed by atoms with E-state index in [1.54, 1.807) is 0 Å². The van der Waals surface area contributed by atoms with Crippen molar-refractivity contribution in [3.8, 4) is 0 Å². The largest absolute Gasteiger partial charge is 0.356 e. The molecule has 0 radical (unpaired) electrons. The van der Waals surface area contributed by atoms with E-state index < -0.39 is 0 Å². The van der Waals surface area contributed by atoms with Crippen molar-refractivity contribution in [3.63, 3.8) is 0 Å². The lowest BCUT2D eigenvalue weighted by Gasteiger charge is -2.39. The monoisotopic (exact) mass is 420 g/mol. The van der Waals surface area contributed by atoms with Gasteiger partial charge in [-0.25, -0.2) is 0 Å². The van der Waals surface area contributed by atoms with Gasteiger partial charge in [0.05, 0.1) is 0 Å². The second kappa shape index (κ2) is 11.3. The number of thiophene rings is 1. The Balaban J connectivity index is 1.46. The summed E-state index contributed by atoms with van der Waals surface area (Å²) >= 11 is 1.88. The average molecular weight is 421 g/mol. The summed E-state index contributed by atoms with van der Waals surface area (Å²) in [6.07, 6.45) is 2.55. The molecule has 1 aromatic heterocycles. The Hall–Kier alpha value is -1.15. The first-order valence-corrected chi connectivity index (χ1v) is 12.1. The summed E-state index contributed by atoms with van der Waals surface area (Å²) in [7, 11) is 4.15. The number of nitrogens with zero attached hydrogens (tertiary/aromatic N) is 4. The zero-order valence-electron chi connectivity index (χ0n) is 18.7. The zero-order valence-corrected chi connectivity index (χ0v) is 19.5.